The van der Waals surface area contributed by atoms with Crippen LogP contribution >= 0.6 is 0 Å². The lowest BCUT2D eigenvalue weighted by molar-refractivity contribution is -0.120. The molecule has 0 radical (unpaired) electrons. The average molecular weight is 435 g/mol. The standard InChI is InChI=1S/C21H26N2O6S/c1-27-16-9-11-18(12-10-16)30(25,26)23(19-7-3-4-8-20(19)28-2)15-21(24)22-14-17-6-5-13-29-17/h3-4,7-12,17H,5-6,13-15H2,1-2H3,(H,22,24)/t17-/m0/s1. The molecule has 2 aromatic rings. The third kappa shape index (κ3) is 5.03. The van der Waals surface area contributed by atoms with Gasteiger partial charge in [-0.1, -0.05) is 12.1 Å². The summed E-state index contributed by atoms with van der Waals surface area (Å²) in [6.07, 6.45) is 1.80. The van der Waals surface area contributed by atoms with Crippen molar-refractivity contribution >= 4 is 21.6 Å². The van der Waals surface area contributed by atoms with E-state index >= 15 is 0 Å². The Balaban J connectivity index is 1.89. The maximum Gasteiger partial charge on any atom is 0.264 e. The van der Waals surface area contributed by atoms with Gasteiger partial charge in [-0.05, 0) is 49.2 Å². The molecule has 0 aromatic heterocycles. The molecule has 162 valence electrons. The zero-order valence-corrected chi connectivity index (χ0v) is 17.9. The second-order valence-corrected chi connectivity index (χ2v) is 8.66. The van der Waals surface area contributed by atoms with E-state index in [1.54, 1.807) is 36.4 Å². The zero-order valence-electron chi connectivity index (χ0n) is 17.0. The van der Waals surface area contributed by atoms with Crippen molar-refractivity contribution in [3.05, 3.63) is 48.5 Å². The third-order valence-electron chi connectivity index (χ3n) is 4.84. The number of benzene rings is 2. The molecule has 1 aliphatic heterocycles. The van der Waals surface area contributed by atoms with Crippen LogP contribution in [0.1, 0.15) is 12.8 Å². The molecule has 1 atom stereocenters. The minimum Gasteiger partial charge on any atom is -0.497 e. The lowest BCUT2D eigenvalue weighted by Gasteiger charge is -2.26. The molecule has 2 aromatic carbocycles. The highest BCUT2D eigenvalue weighted by Crippen LogP contribution is 2.32. The van der Waals surface area contributed by atoms with Crippen LogP contribution in [0.25, 0.3) is 0 Å². The van der Waals surface area contributed by atoms with E-state index in [9.17, 15) is 13.2 Å². The Morgan fingerprint density at radius 2 is 1.87 bits per heavy atom. The molecule has 3 rings (SSSR count). The number of hydrogen-bond donors (Lipinski definition) is 1. The summed E-state index contributed by atoms with van der Waals surface area (Å²) in [5.41, 5.74) is 0.281. The van der Waals surface area contributed by atoms with E-state index in [1.165, 1.54) is 26.4 Å². The number of nitrogens with one attached hydrogen (secondary N) is 1. The van der Waals surface area contributed by atoms with Crippen molar-refractivity contribution < 1.29 is 27.4 Å². The first kappa shape index (κ1) is 21.9. The number of carbonyl (C=O) groups is 1. The van der Waals surface area contributed by atoms with Gasteiger partial charge in [0.05, 0.1) is 30.9 Å². The number of nitrogens with zero attached hydrogens (tertiary/aromatic N) is 1. The summed E-state index contributed by atoms with van der Waals surface area (Å²) in [4.78, 5) is 12.7. The van der Waals surface area contributed by atoms with E-state index in [-0.39, 0.29) is 23.2 Å². The van der Waals surface area contributed by atoms with E-state index in [0.29, 0.717) is 24.7 Å². The zero-order chi connectivity index (χ0) is 21.6. The summed E-state index contributed by atoms with van der Waals surface area (Å²) in [5.74, 6) is 0.460. The molecule has 0 bridgehead atoms. The molecule has 0 aliphatic carbocycles. The summed E-state index contributed by atoms with van der Waals surface area (Å²) in [6, 6.07) is 12.7. The van der Waals surface area contributed by atoms with Gasteiger partial charge in [0.2, 0.25) is 5.91 Å². The van der Waals surface area contributed by atoms with Crippen molar-refractivity contribution in [1.82, 2.24) is 5.32 Å². The predicted molar refractivity (Wildman–Crippen MR) is 113 cm³/mol. The Kier molecular flexibility index (Phi) is 7.17. The Morgan fingerprint density at radius 1 is 1.13 bits per heavy atom. The van der Waals surface area contributed by atoms with Crippen molar-refractivity contribution in [2.24, 2.45) is 0 Å². The average Bonchev–Trinajstić information content (AvgIpc) is 3.29. The Bertz CT molecular complexity index is 956. The molecule has 30 heavy (non-hydrogen) atoms. The van der Waals surface area contributed by atoms with Crippen molar-refractivity contribution in [3.8, 4) is 11.5 Å². The van der Waals surface area contributed by atoms with Gasteiger partial charge in [-0.25, -0.2) is 8.42 Å². The van der Waals surface area contributed by atoms with E-state index in [1.807, 2.05) is 0 Å². The van der Waals surface area contributed by atoms with Crippen molar-refractivity contribution in [3.63, 3.8) is 0 Å². The molecule has 1 heterocycles. The molecule has 1 N–H and O–H groups in total. The van der Waals surface area contributed by atoms with Gasteiger partial charge in [-0.3, -0.25) is 9.10 Å². The van der Waals surface area contributed by atoms with Crippen LogP contribution in [0.2, 0.25) is 0 Å². The molecular weight excluding hydrogens is 408 g/mol. The van der Waals surface area contributed by atoms with Crippen LogP contribution in [0, 0.1) is 0 Å². The van der Waals surface area contributed by atoms with Gasteiger partial charge in [0.1, 0.15) is 18.0 Å². The minimum absolute atomic E-state index is 0.0353. The number of rotatable bonds is 9. The predicted octanol–water partition coefficient (Wildman–Crippen LogP) is 2.19. The van der Waals surface area contributed by atoms with Gasteiger partial charge in [0.15, 0.2) is 0 Å². The summed E-state index contributed by atoms with van der Waals surface area (Å²) < 4.78 is 43.8. The summed E-state index contributed by atoms with van der Waals surface area (Å²) in [7, 11) is -1.08. The topological polar surface area (TPSA) is 94.2 Å². The fourth-order valence-corrected chi connectivity index (χ4v) is 4.66. The summed E-state index contributed by atoms with van der Waals surface area (Å²) in [5, 5.41) is 2.77. The smallest absolute Gasteiger partial charge is 0.264 e. The molecule has 1 amide bonds. The lowest BCUT2D eigenvalue weighted by atomic mass is 10.2. The van der Waals surface area contributed by atoms with Gasteiger partial charge in [-0.15, -0.1) is 0 Å². The molecule has 1 saturated heterocycles. The van der Waals surface area contributed by atoms with E-state index in [2.05, 4.69) is 5.32 Å². The van der Waals surface area contributed by atoms with E-state index < -0.39 is 15.9 Å². The lowest BCUT2D eigenvalue weighted by Crippen LogP contribution is -2.43. The molecule has 0 spiro atoms. The first-order valence-corrected chi connectivity index (χ1v) is 11.1. The quantitative estimate of drug-likeness (QED) is 0.650. The largest absolute Gasteiger partial charge is 0.497 e. The van der Waals surface area contributed by atoms with Crippen LogP contribution in [-0.4, -0.2) is 54.3 Å². The SMILES string of the molecule is COc1ccc(S(=O)(=O)N(CC(=O)NC[C@@H]2CCCO2)c2ccccc2OC)cc1. The maximum absolute atomic E-state index is 13.4. The molecule has 1 aliphatic rings. The van der Waals surface area contributed by atoms with Gasteiger partial charge in [0.25, 0.3) is 10.0 Å². The van der Waals surface area contributed by atoms with Gasteiger partial charge >= 0.3 is 0 Å². The first-order valence-electron chi connectivity index (χ1n) is 9.64. The van der Waals surface area contributed by atoms with Gasteiger partial charge in [-0.2, -0.15) is 0 Å². The Morgan fingerprint density at radius 3 is 2.50 bits per heavy atom. The number of methoxy groups -OCH3 is 2. The molecule has 8 nitrogen and oxygen atoms in total. The number of ether oxygens (including phenoxy) is 3. The van der Waals surface area contributed by atoms with Crippen LogP contribution in [0.4, 0.5) is 5.69 Å². The highest BCUT2D eigenvalue weighted by Gasteiger charge is 2.29. The normalized spacial score (nSPS) is 16.1. The van der Waals surface area contributed by atoms with Crippen molar-refractivity contribution in [2.45, 2.75) is 23.8 Å². The fraction of sp³-hybridized carbons (Fsp3) is 0.381. The van der Waals surface area contributed by atoms with Crippen LogP contribution in [0.5, 0.6) is 11.5 Å². The molecule has 0 saturated carbocycles. The van der Waals surface area contributed by atoms with Crippen molar-refractivity contribution in [1.29, 1.82) is 0 Å². The minimum atomic E-state index is -4.04. The number of para-hydroxylation sites is 2. The number of anilines is 1. The summed E-state index contributed by atoms with van der Waals surface area (Å²) in [6.45, 7) is 0.641. The molecular formula is C21H26N2O6S. The highest BCUT2D eigenvalue weighted by molar-refractivity contribution is 7.92. The number of sulfonamides is 1. The third-order valence-corrected chi connectivity index (χ3v) is 6.61. The molecule has 1 fully saturated rings. The molecule has 9 heteroatoms. The number of carbonyl (C=O) groups excluding carboxylic acids is 1. The van der Waals surface area contributed by atoms with Gasteiger partial charge < -0.3 is 19.5 Å². The van der Waals surface area contributed by atoms with Gasteiger partial charge in [0, 0.05) is 13.2 Å². The number of hydrogen-bond acceptors (Lipinski definition) is 6. The second-order valence-electron chi connectivity index (χ2n) is 6.80. The van der Waals surface area contributed by atoms with Crippen LogP contribution < -0.4 is 19.1 Å². The number of amides is 1. The van der Waals surface area contributed by atoms with E-state index in [0.717, 1.165) is 17.1 Å². The first-order chi connectivity index (χ1) is 14.5. The Hall–Kier alpha value is -2.78. The Labute approximate surface area is 176 Å². The van der Waals surface area contributed by atoms with Crippen LogP contribution in [-0.2, 0) is 19.6 Å². The summed E-state index contributed by atoms with van der Waals surface area (Å²) >= 11 is 0. The van der Waals surface area contributed by atoms with Crippen LogP contribution in [0.3, 0.4) is 0 Å². The van der Waals surface area contributed by atoms with Crippen molar-refractivity contribution in [2.75, 3.05) is 38.2 Å². The molecule has 0 unspecified atom stereocenters. The monoisotopic (exact) mass is 434 g/mol. The highest BCUT2D eigenvalue weighted by atomic mass is 32.2. The second kappa shape index (κ2) is 9.82. The van der Waals surface area contributed by atoms with Crippen LogP contribution in [0.15, 0.2) is 53.4 Å². The maximum atomic E-state index is 13.4. The van der Waals surface area contributed by atoms with E-state index in [4.69, 9.17) is 14.2 Å². The fourth-order valence-electron chi connectivity index (χ4n) is 3.23.